The lowest BCUT2D eigenvalue weighted by Crippen LogP contribution is -2.50. The second-order valence-electron chi connectivity index (χ2n) is 11.8. The summed E-state index contributed by atoms with van der Waals surface area (Å²) in [6.45, 7) is 4.00. The maximum Gasteiger partial charge on any atom is 0.446 e. The molecule has 0 spiro atoms. The number of halogens is 4. The van der Waals surface area contributed by atoms with E-state index >= 15 is 0 Å². The van der Waals surface area contributed by atoms with Crippen LogP contribution in [0.5, 0.6) is 11.5 Å². The van der Waals surface area contributed by atoms with Crippen molar-refractivity contribution in [2.75, 3.05) is 19.0 Å². The van der Waals surface area contributed by atoms with Crippen molar-refractivity contribution in [2.24, 2.45) is 17.3 Å². The van der Waals surface area contributed by atoms with Crippen molar-refractivity contribution in [3.8, 4) is 11.5 Å². The molecule has 2 aromatic carbocycles. The minimum absolute atomic E-state index is 0.0160. The Balaban J connectivity index is 1.49. The minimum atomic E-state index is -4.46. The van der Waals surface area contributed by atoms with Gasteiger partial charge in [0.1, 0.15) is 5.75 Å². The van der Waals surface area contributed by atoms with E-state index in [9.17, 15) is 32.3 Å². The highest BCUT2D eigenvalue weighted by atomic mass is 32.2. The van der Waals surface area contributed by atoms with Crippen molar-refractivity contribution >= 4 is 29.3 Å². The van der Waals surface area contributed by atoms with E-state index in [1.807, 2.05) is 13.8 Å². The number of hydrogen-bond acceptors (Lipinski definition) is 6. The van der Waals surface area contributed by atoms with Gasteiger partial charge in [0.25, 0.3) is 5.91 Å². The second-order valence-corrected chi connectivity index (χ2v) is 13.0. The molecule has 0 radical (unpaired) electrons. The van der Waals surface area contributed by atoms with E-state index in [4.69, 9.17) is 9.47 Å². The van der Waals surface area contributed by atoms with Crippen molar-refractivity contribution in [1.29, 1.82) is 0 Å². The van der Waals surface area contributed by atoms with Crippen LogP contribution in [-0.4, -0.2) is 48.3 Å². The van der Waals surface area contributed by atoms with Crippen LogP contribution in [0.15, 0.2) is 41.3 Å². The third kappa shape index (κ3) is 8.56. The molecule has 2 aromatic rings. The molecule has 0 aliphatic heterocycles. The number of ether oxygens (including phenoxy) is 2. The first-order chi connectivity index (χ1) is 20.3. The first-order valence-electron chi connectivity index (χ1n) is 14.4. The van der Waals surface area contributed by atoms with Gasteiger partial charge in [0, 0.05) is 29.3 Å². The summed E-state index contributed by atoms with van der Waals surface area (Å²) in [5.74, 6) is -2.42. The Morgan fingerprint density at radius 3 is 2.47 bits per heavy atom. The van der Waals surface area contributed by atoms with Gasteiger partial charge in [-0.2, -0.15) is 13.2 Å². The highest BCUT2D eigenvalue weighted by molar-refractivity contribution is 8.00. The summed E-state index contributed by atoms with van der Waals surface area (Å²) in [6, 6.07) is 7.36. The molecule has 2 saturated carbocycles. The Bertz CT molecular complexity index is 1300. The summed E-state index contributed by atoms with van der Waals surface area (Å²) in [4.78, 5) is 26.9. The Labute approximate surface area is 253 Å². The van der Waals surface area contributed by atoms with E-state index in [1.54, 1.807) is 0 Å². The summed E-state index contributed by atoms with van der Waals surface area (Å²) >= 11 is -0.265. The number of alkyl halides is 3. The van der Waals surface area contributed by atoms with Crippen LogP contribution >= 0.6 is 11.8 Å². The smallest absolute Gasteiger partial charge is 0.446 e. The molecule has 3 N–H and O–H groups in total. The summed E-state index contributed by atoms with van der Waals surface area (Å²) in [6.07, 6.45) is 4.44. The highest BCUT2D eigenvalue weighted by Gasteiger charge is 2.38. The average Bonchev–Trinajstić information content (AvgIpc) is 2.95. The van der Waals surface area contributed by atoms with Crippen molar-refractivity contribution < 1.29 is 41.7 Å². The molecule has 236 valence electrons. The number of hydrogen-bond donors (Lipinski definition) is 3. The third-order valence-electron chi connectivity index (χ3n) is 8.50. The molecule has 2 amide bonds. The third-order valence-corrected chi connectivity index (χ3v) is 9.23. The molecule has 2 unspecified atom stereocenters. The normalized spacial score (nSPS) is 26.0. The number of nitrogens with one attached hydrogen (secondary N) is 2. The van der Waals surface area contributed by atoms with Gasteiger partial charge in [0.15, 0.2) is 11.6 Å². The summed E-state index contributed by atoms with van der Waals surface area (Å²) < 4.78 is 64.7. The zero-order valence-corrected chi connectivity index (χ0v) is 25.2. The highest BCUT2D eigenvalue weighted by Crippen LogP contribution is 2.39. The topological polar surface area (TPSA) is 96.9 Å². The van der Waals surface area contributed by atoms with Gasteiger partial charge in [-0.25, -0.2) is 4.39 Å². The molecule has 0 bridgehead atoms. The van der Waals surface area contributed by atoms with E-state index in [0.717, 1.165) is 31.7 Å². The van der Waals surface area contributed by atoms with Crippen LogP contribution in [0, 0.1) is 23.1 Å². The Kier molecular flexibility index (Phi) is 10.5. The van der Waals surface area contributed by atoms with Crippen LogP contribution in [0.4, 0.5) is 23.2 Å². The number of amides is 2. The number of thioether (sulfide) groups is 1. The first kappa shape index (κ1) is 32.9. The maximum atomic E-state index is 15.0. The van der Waals surface area contributed by atoms with E-state index in [-0.39, 0.29) is 63.5 Å². The van der Waals surface area contributed by atoms with Crippen LogP contribution in [0.3, 0.4) is 0 Å². The number of aliphatic hydroxyl groups excluding tert-OH is 1. The van der Waals surface area contributed by atoms with Crippen molar-refractivity contribution in [1.82, 2.24) is 5.32 Å². The van der Waals surface area contributed by atoms with Crippen molar-refractivity contribution in [2.45, 2.75) is 81.3 Å². The largest absolute Gasteiger partial charge is 0.496 e. The molecule has 7 nitrogen and oxygen atoms in total. The van der Waals surface area contributed by atoms with Gasteiger partial charge in [-0.1, -0.05) is 26.3 Å². The minimum Gasteiger partial charge on any atom is -0.496 e. The molecule has 12 heteroatoms. The monoisotopic (exact) mass is 626 g/mol. The SMILES string of the molecule is COc1cc(F)c(OC2CCC(C)(CO)CC2)cc1C(=O)NC1C(C(=O)Nc2cccc(SC(F)(F)F)c2)CCC[C@@H]1C. The molecule has 4 rings (SSSR count). The predicted molar refractivity (Wildman–Crippen MR) is 156 cm³/mol. The Hall–Kier alpha value is -2.99. The molecule has 3 atom stereocenters. The van der Waals surface area contributed by atoms with Crippen LogP contribution in [0.25, 0.3) is 0 Å². The first-order valence-corrected chi connectivity index (χ1v) is 15.2. The van der Waals surface area contributed by atoms with Crippen LogP contribution in [0.1, 0.15) is 69.2 Å². The average molecular weight is 627 g/mol. The molecule has 2 fully saturated rings. The quantitative estimate of drug-likeness (QED) is 0.206. The van der Waals surface area contributed by atoms with Gasteiger partial charge in [-0.15, -0.1) is 0 Å². The van der Waals surface area contributed by atoms with Gasteiger partial charge in [0.2, 0.25) is 5.91 Å². The zero-order valence-electron chi connectivity index (χ0n) is 24.4. The number of anilines is 1. The fourth-order valence-corrected chi connectivity index (χ4v) is 6.50. The number of aliphatic hydroxyl groups is 1. The molecule has 2 aliphatic carbocycles. The van der Waals surface area contributed by atoms with E-state index in [2.05, 4.69) is 10.6 Å². The second kappa shape index (κ2) is 13.8. The zero-order chi connectivity index (χ0) is 31.4. The molecular formula is C31H38F4N2O5S. The van der Waals surface area contributed by atoms with E-state index < -0.39 is 35.1 Å². The Morgan fingerprint density at radius 1 is 1.09 bits per heavy atom. The molecular weight excluding hydrogens is 588 g/mol. The van der Waals surface area contributed by atoms with Crippen molar-refractivity contribution in [3.05, 3.63) is 47.8 Å². The molecule has 0 heterocycles. The van der Waals surface area contributed by atoms with Gasteiger partial charge in [0.05, 0.1) is 24.7 Å². The molecule has 2 aliphatic rings. The molecule has 43 heavy (non-hydrogen) atoms. The number of benzene rings is 2. The predicted octanol–water partition coefficient (Wildman–Crippen LogP) is 6.94. The lowest BCUT2D eigenvalue weighted by atomic mass is 9.75. The molecule has 0 aromatic heterocycles. The van der Waals surface area contributed by atoms with Gasteiger partial charge >= 0.3 is 5.51 Å². The standard InChI is InChI=1S/C31H38F4N2O5S/c1-18-6-4-9-22(28(39)36-19-7-5-8-21(14-19)43-31(33,34)35)27(18)37-29(40)23-15-26(24(32)16-25(23)41-3)42-20-10-12-30(2,17-38)13-11-20/h5,7-8,14-16,18,20,22,27,38H,4,6,9-13,17H2,1-3H3,(H,36,39)(H,37,40)/t18-,20?,22?,27?,30?/m0/s1. The van der Waals surface area contributed by atoms with Gasteiger partial charge in [-0.05, 0) is 85.9 Å². The number of methoxy groups -OCH3 is 1. The number of carbonyl (C=O) groups is 2. The number of carbonyl (C=O) groups excluding carboxylic acids is 2. The van der Waals surface area contributed by atoms with E-state index in [0.29, 0.717) is 19.3 Å². The van der Waals surface area contributed by atoms with E-state index in [1.165, 1.54) is 37.4 Å². The lowest BCUT2D eigenvalue weighted by molar-refractivity contribution is -0.122. The fraction of sp³-hybridized carbons (Fsp3) is 0.548. The lowest BCUT2D eigenvalue weighted by Gasteiger charge is -2.36. The summed E-state index contributed by atoms with van der Waals surface area (Å²) in [5.41, 5.74) is -4.36. The van der Waals surface area contributed by atoms with Crippen LogP contribution < -0.4 is 20.1 Å². The number of rotatable bonds is 9. The van der Waals surface area contributed by atoms with Crippen LogP contribution in [-0.2, 0) is 4.79 Å². The maximum absolute atomic E-state index is 15.0. The fourth-order valence-electron chi connectivity index (χ4n) is 5.90. The van der Waals surface area contributed by atoms with Crippen LogP contribution in [0.2, 0.25) is 0 Å². The summed E-state index contributed by atoms with van der Waals surface area (Å²) in [7, 11) is 1.33. The van der Waals surface area contributed by atoms with Gasteiger partial charge < -0.3 is 25.2 Å². The van der Waals surface area contributed by atoms with Gasteiger partial charge in [-0.3, -0.25) is 9.59 Å². The summed E-state index contributed by atoms with van der Waals surface area (Å²) in [5, 5.41) is 15.3. The Morgan fingerprint density at radius 2 is 1.81 bits per heavy atom. The molecule has 0 saturated heterocycles. The van der Waals surface area contributed by atoms with Crippen molar-refractivity contribution in [3.63, 3.8) is 0 Å².